The number of hydrogen-bond acceptors (Lipinski definition) is 2. The summed E-state index contributed by atoms with van der Waals surface area (Å²) in [6.07, 6.45) is 8.76. The van der Waals surface area contributed by atoms with E-state index in [2.05, 4.69) is 19.2 Å². The van der Waals surface area contributed by atoms with Gasteiger partial charge in [0.2, 0.25) is 0 Å². The van der Waals surface area contributed by atoms with Crippen molar-refractivity contribution >= 4 is 0 Å². The molecule has 2 nitrogen and oxygen atoms in total. The summed E-state index contributed by atoms with van der Waals surface area (Å²) < 4.78 is 0. The van der Waals surface area contributed by atoms with Gasteiger partial charge in [-0.2, -0.15) is 0 Å². The van der Waals surface area contributed by atoms with Crippen LogP contribution in [0.15, 0.2) is 0 Å². The predicted molar refractivity (Wildman–Crippen MR) is 65.0 cm³/mol. The minimum atomic E-state index is 0.0639. The van der Waals surface area contributed by atoms with Crippen LogP contribution in [0.1, 0.15) is 58.8 Å². The van der Waals surface area contributed by atoms with Gasteiger partial charge in [0.25, 0.3) is 0 Å². The van der Waals surface area contributed by atoms with Crippen LogP contribution in [-0.4, -0.2) is 23.8 Å². The maximum absolute atomic E-state index is 9.52. The fourth-order valence-electron chi connectivity index (χ4n) is 2.74. The Morgan fingerprint density at radius 3 is 2.67 bits per heavy atom. The number of unbranched alkanes of at least 4 members (excludes halogenated alkanes) is 1. The SMILES string of the molecule is CCCCC(CC)CC1(CO)CCCN1. The van der Waals surface area contributed by atoms with Gasteiger partial charge in [0.1, 0.15) is 0 Å². The van der Waals surface area contributed by atoms with E-state index >= 15 is 0 Å². The molecule has 90 valence electrons. The summed E-state index contributed by atoms with van der Waals surface area (Å²) in [5, 5.41) is 13.0. The molecule has 1 saturated heterocycles. The third kappa shape index (κ3) is 3.76. The monoisotopic (exact) mass is 213 g/mol. The molecule has 2 heteroatoms. The Balaban J connectivity index is 2.40. The molecule has 1 heterocycles. The van der Waals surface area contributed by atoms with Crippen molar-refractivity contribution in [3.05, 3.63) is 0 Å². The van der Waals surface area contributed by atoms with E-state index in [4.69, 9.17) is 0 Å². The first-order chi connectivity index (χ1) is 7.26. The normalized spacial score (nSPS) is 28.2. The van der Waals surface area contributed by atoms with Crippen LogP contribution in [-0.2, 0) is 0 Å². The van der Waals surface area contributed by atoms with Crippen LogP contribution in [0.3, 0.4) is 0 Å². The Kier molecular flexibility index (Phi) is 5.62. The van der Waals surface area contributed by atoms with Crippen molar-refractivity contribution < 1.29 is 5.11 Å². The molecule has 0 radical (unpaired) electrons. The zero-order valence-corrected chi connectivity index (χ0v) is 10.4. The zero-order chi connectivity index (χ0) is 11.1. The average molecular weight is 213 g/mol. The summed E-state index contributed by atoms with van der Waals surface area (Å²) >= 11 is 0. The number of hydrogen-bond donors (Lipinski definition) is 2. The smallest absolute Gasteiger partial charge is 0.0613 e. The Labute approximate surface area is 94.5 Å². The van der Waals surface area contributed by atoms with Crippen molar-refractivity contribution in [3.8, 4) is 0 Å². The van der Waals surface area contributed by atoms with Gasteiger partial charge in [-0.05, 0) is 31.7 Å². The zero-order valence-electron chi connectivity index (χ0n) is 10.4. The van der Waals surface area contributed by atoms with E-state index in [0.717, 1.165) is 18.9 Å². The molecular formula is C13H27NO. The molecule has 0 aliphatic carbocycles. The standard InChI is InChI=1S/C13H27NO/c1-3-5-7-12(4-2)10-13(11-15)8-6-9-14-13/h12,14-15H,3-11H2,1-2H3. The topological polar surface area (TPSA) is 32.3 Å². The van der Waals surface area contributed by atoms with Crippen LogP contribution < -0.4 is 5.32 Å². The number of aliphatic hydroxyl groups excluding tert-OH is 1. The van der Waals surface area contributed by atoms with Crippen molar-refractivity contribution in [1.82, 2.24) is 5.32 Å². The van der Waals surface area contributed by atoms with Crippen LogP contribution in [0.2, 0.25) is 0 Å². The van der Waals surface area contributed by atoms with Gasteiger partial charge >= 0.3 is 0 Å². The number of rotatable bonds is 7. The quantitative estimate of drug-likeness (QED) is 0.681. The van der Waals surface area contributed by atoms with Gasteiger partial charge in [-0.25, -0.2) is 0 Å². The third-order valence-corrected chi connectivity index (χ3v) is 3.86. The minimum absolute atomic E-state index is 0.0639. The van der Waals surface area contributed by atoms with Crippen LogP contribution >= 0.6 is 0 Å². The second kappa shape index (κ2) is 6.49. The Morgan fingerprint density at radius 2 is 2.20 bits per heavy atom. The lowest BCUT2D eigenvalue weighted by molar-refractivity contribution is 0.145. The lowest BCUT2D eigenvalue weighted by Gasteiger charge is -2.31. The fourth-order valence-corrected chi connectivity index (χ4v) is 2.74. The highest BCUT2D eigenvalue weighted by atomic mass is 16.3. The Hall–Kier alpha value is -0.0800. The molecular weight excluding hydrogens is 186 g/mol. The molecule has 0 spiro atoms. The third-order valence-electron chi connectivity index (χ3n) is 3.86. The summed E-state index contributed by atoms with van der Waals surface area (Å²) in [4.78, 5) is 0. The molecule has 2 atom stereocenters. The van der Waals surface area contributed by atoms with E-state index in [1.807, 2.05) is 0 Å². The summed E-state index contributed by atoms with van der Waals surface area (Å²) in [7, 11) is 0. The maximum atomic E-state index is 9.52. The van der Waals surface area contributed by atoms with Crippen molar-refractivity contribution in [2.45, 2.75) is 64.3 Å². The fraction of sp³-hybridized carbons (Fsp3) is 1.00. The van der Waals surface area contributed by atoms with Gasteiger partial charge in [0.15, 0.2) is 0 Å². The van der Waals surface area contributed by atoms with Crippen molar-refractivity contribution in [3.63, 3.8) is 0 Å². The van der Waals surface area contributed by atoms with E-state index in [1.54, 1.807) is 0 Å². The van der Waals surface area contributed by atoms with Crippen LogP contribution in [0.4, 0.5) is 0 Å². The predicted octanol–water partition coefficient (Wildman–Crippen LogP) is 2.71. The van der Waals surface area contributed by atoms with Gasteiger partial charge in [0.05, 0.1) is 6.61 Å². The molecule has 2 unspecified atom stereocenters. The van der Waals surface area contributed by atoms with Crippen LogP contribution in [0.5, 0.6) is 0 Å². The van der Waals surface area contributed by atoms with E-state index < -0.39 is 0 Å². The van der Waals surface area contributed by atoms with Crippen molar-refractivity contribution in [1.29, 1.82) is 0 Å². The van der Waals surface area contributed by atoms with Crippen LogP contribution in [0, 0.1) is 5.92 Å². The van der Waals surface area contributed by atoms with Crippen molar-refractivity contribution in [2.24, 2.45) is 5.92 Å². The summed E-state index contributed by atoms with van der Waals surface area (Å²) in [5.74, 6) is 0.794. The lowest BCUT2D eigenvalue weighted by Crippen LogP contribution is -2.44. The lowest BCUT2D eigenvalue weighted by atomic mass is 9.83. The van der Waals surface area contributed by atoms with E-state index in [9.17, 15) is 5.11 Å². The highest BCUT2D eigenvalue weighted by molar-refractivity contribution is 4.93. The number of nitrogens with one attached hydrogen (secondary N) is 1. The van der Waals surface area contributed by atoms with E-state index in [-0.39, 0.29) is 5.54 Å². The minimum Gasteiger partial charge on any atom is -0.394 e. The molecule has 1 rings (SSSR count). The van der Waals surface area contributed by atoms with Crippen LogP contribution in [0.25, 0.3) is 0 Å². The maximum Gasteiger partial charge on any atom is 0.0613 e. The molecule has 0 amide bonds. The second-order valence-corrected chi connectivity index (χ2v) is 5.09. The van der Waals surface area contributed by atoms with E-state index in [0.29, 0.717) is 6.61 Å². The molecule has 1 aliphatic heterocycles. The molecule has 0 aromatic heterocycles. The molecule has 0 aromatic rings. The van der Waals surface area contributed by atoms with Gasteiger partial charge in [0, 0.05) is 5.54 Å². The summed E-state index contributed by atoms with van der Waals surface area (Å²) in [6.45, 7) is 5.93. The molecule has 0 saturated carbocycles. The highest BCUT2D eigenvalue weighted by Crippen LogP contribution is 2.30. The van der Waals surface area contributed by atoms with Crippen molar-refractivity contribution in [2.75, 3.05) is 13.2 Å². The van der Waals surface area contributed by atoms with Gasteiger partial charge in [-0.3, -0.25) is 0 Å². The second-order valence-electron chi connectivity index (χ2n) is 5.09. The highest BCUT2D eigenvalue weighted by Gasteiger charge is 2.34. The molecule has 15 heavy (non-hydrogen) atoms. The first kappa shape index (κ1) is 13.0. The summed E-state index contributed by atoms with van der Waals surface area (Å²) in [5.41, 5.74) is 0.0639. The van der Waals surface area contributed by atoms with E-state index in [1.165, 1.54) is 38.5 Å². The average Bonchev–Trinajstić information content (AvgIpc) is 2.73. The largest absolute Gasteiger partial charge is 0.394 e. The molecule has 0 bridgehead atoms. The van der Waals surface area contributed by atoms with Gasteiger partial charge in [-0.1, -0.05) is 39.5 Å². The first-order valence-electron chi connectivity index (χ1n) is 6.62. The molecule has 2 N–H and O–H groups in total. The Morgan fingerprint density at radius 1 is 1.40 bits per heavy atom. The molecule has 0 aromatic carbocycles. The first-order valence-corrected chi connectivity index (χ1v) is 6.62. The number of aliphatic hydroxyl groups is 1. The molecule has 1 fully saturated rings. The van der Waals surface area contributed by atoms with Gasteiger partial charge < -0.3 is 10.4 Å². The van der Waals surface area contributed by atoms with Gasteiger partial charge in [-0.15, -0.1) is 0 Å². The summed E-state index contributed by atoms with van der Waals surface area (Å²) in [6, 6.07) is 0. The molecule has 1 aliphatic rings. The Bertz CT molecular complexity index is 164.